The van der Waals surface area contributed by atoms with Crippen LogP contribution in [-0.4, -0.2) is 5.11 Å². The van der Waals surface area contributed by atoms with E-state index in [1.165, 1.54) is 0 Å². The standard InChI is InChI=1S/C9H9NO/c10-7-6-9(11)8-4-2-1-3-5-8/h1-5,9,11H,6H2/i6D. The zero-order valence-electron chi connectivity index (χ0n) is 6.94. The molecule has 2 unspecified atom stereocenters. The van der Waals surface area contributed by atoms with Crippen LogP contribution in [0.5, 0.6) is 0 Å². The number of nitrogens with zero attached hydrogens (tertiary/aromatic N) is 1. The topological polar surface area (TPSA) is 44.0 Å². The number of benzene rings is 1. The summed E-state index contributed by atoms with van der Waals surface area (Å²) in [7, 11) is 0. The molecule has 2 atom stereocenters. The van der Waals surface area contributed by atoms with Crippen LogP contribution in [0.15, 0.2) is 30.3 Å². The van der Waals surface area contributed by atoms with E-state index in [0.29, 0.717) is 5.56 Å². The Balaban J connectivity index is 2.80. The highest BCUT2D eigenvalue weighted by atomic mass is 16.3. The molecule has 2 heteroatoms. The van der Waals surface area contributed by atoms with Crippen molar-refractivity contribution in [2.75, 3.05) is 0 Å². The van der Waals surface area contributed by atoms with Crippen molar-refractivity contribution in [3.05, 3.63) is 35.9 Å². The highest BCUT2D eigenvalue weighted by molar-refractivity contribution is 5.17. The molecule has 0 saturated carbocycles. The van der Waals surface area contributed by atoms with Crippen molar-refractivity contribution >= 4 is 0 Å². The fraction of sp³-hybridized carbons (Fsp3) is 0.222. The van der Waals surface area contributed by atoms with Gasteiger partial charge in [0.2, 0.25) is 0 Å². The SMILES string of the molecule is [2H]C(C#N)C(O)c1ccccc1. The summed E-state index contributed by atoms with van der Waals surface area (Å²) in [6.07, 6.45) is -2.11. The summed E-state index contributed by atoms with van der Waals surface area (Å²) < 4.78 is 7.15. The Morgan fingerprint density at radius 2 is 2.18 bits per heavy atom. The lowest BCUT2D eigenvalue weighted by Gasteiger charge is -2.04. The molecule has 0 heterocycles. The highest BCUT2D eigenvalue weighted by Crippen LogP contribution is 2.14. The van der Waals surface area contributed by atoms with Gasteiger partial charge in [0.1, 0.15) is 0 Å². The number of aliphatic hydroxyl groups is 1. The van der Waals surface area contributed by atoms with Crippen LogP contribution in [0.2, 0.25) is 0 Å². The molecule has 56 valence electrons. The van der Waals surface area contributed by atoms with Crippen molar-refractivity contribution in [1.29, 1.82) is 5.26 Å². The summed E-state index contributed by atoms with van der Waals surface area (Å²) in [5, 5.41) is 17.7. The number of rotatable bonds is 2. The maximum absolute atomic E-state index is 9.38. The van der Waals surface area contributed by atoms with E-state index in [0.717, 1.165) is 0 Å². The Kier molecular flexibility index (Phi) is 2.17. The molecule has 0 aliphatic rings. The molecule has 1 aromatic carbocycles. The molecule has 0 bridgehead atoms. The van der Waals surface area contributed by atoms with Gasteiger partial charge in [0.25, 0.3) is 0 Å². The van der Waals surface area contributed by atoms with Crippen LogP contribution >= 0.6 is 0 Å². The third kappa shape index (κ3) is 2.06. The lowest BCUT2D eigenvalue weighted by molar-refractivity contribution is 0.183. The average Bonchev–Trinajstić information content (AvgIpc) is 2.17. The van der Waals surface area contributed by atoms with Crippen LogP contribution < -0.4 is 0 Å². The minimum absolute atomic E-state index is 0.610. The second-order valence-corrected chi connectivity index (χ2v) is 2.15. The average molecular weight is 148 g/mol. The van der Waals surface area contributed by atoms with Gasteiger partial charge < -0.3 is 5.11 Å². The van der Waals surface area contributed by atoms with E-state index in [1.54, 1.807) is 30.3 Å². The van der Waals surface area contributed by atoms with Gasteiger partial charge in [0, 0.05) is 1.37 Å². The van der Waals surface area contributed by atoms with Crippen molar-refractivity contribution < 1.29 is 6.48 Å². The molecule has 0 saturated heterocycles. The van der Waals surface area contributed by atoms with Gasteiger partial charge in [0.15, 0.2) is 0 Å². The molecule has 1 N–H and O–H groups in total. The summed E-state index contributed by atoms with van der Waals surface area (Å²) >= 11 is 0. The molecular weight excluding hydrogens is 138 g/mol. The van der Waals surface area contributed by atoms with Gasteiger partial charge in [0.05, 0.1) is 18.6 Å². The summed E-state index contributed by atoms with van der Waals surface area (Å²) in [6.45, 7) is 0. The molecule has 0 fully saturated rings. The summed E-state index contributed by atoms with van der Waals surface area (Å²) in [6, 6.07) is 10.4. The van der Waals surface area contributed by atoms with Gasteiger partial charge in [-0.1, -0.05) is 30.3 Å². The second-order valence-electron chi connectivity index (χ2n) is 2.15. The van der Waals surface area contributed by atoms with Gasteiger partial charge in [-0.3, -0.25) is 0 Å². The highest BCUT2D eigenvalue weighted by Gasteiger charge is 2.03. The van der Waals surface area contributed by atoms with E-state index >= 15 is 0 Å². The largest absolute Gasteiger partial charge is 0.387 e. The van der Waals surface area contributed by atoms with Crippen LogP contribution in [-0.2, 0) is 0 Å². The molecule has 11 heavy (non-hydrogen) atoms. The Morgan fingerprint density at radius 1 is 1.55 bits per heavy atom. The zero-order valence-corrected chi connectivity index (χ0v) is 5.94. The Labute approximate surface area is 67.1 Å². The van der Waals surface area contributed by atoms with Gasteiger partial charge >= 0.3 is 0 Å². The number of hydrogen-bond acceptors (Lipinski definition) is 2. The van der Waals surface area contributed by atoms with Crippen LogP contribution in [0.3, 0.4) is 0 Å². The number of nitriles is 1. The zero-order chi connectivity index (χ0) is 8.97. The van der Waals surface area contributed by atoms with Crippen LogP contribution in [0.1, 0.15) is 19.4 Å². The van der Waals surface area contributed by atoms with Crippen molar-refractivity contribution in [2.24, 2.45) is 0 Å². The maximum atomic E-state index is 9.38. The Bertz CT molecular complexity index is 280. The predicted molar refractivity (Wildman–Crippen MR) is 41.6 cm³/mol. The molecule has 1 aromatic rings. The van der Waals surface area contributed by atoms with E-state index in [4.69, 9.17) is 6.63 Å². The van der Waals surface area contributed by atoms with Gasteiger partial charge in [-0.25, -0.2) is 0 Å². The first-order chi connectivity index (χ1) is 5.75. The van der Waals surface area contributed by atoms with Crippen molar-refractivity contribution in [2.45, 2.75) is 12.5 Å². The van der Waals surface area contributed by atoms with Gasteiger partial charge in [-0.05, 0) is 5.56 Å². The van der Waals surface area contributed by atoms with Crippen molar-refractivity contribution in [1.82, 2.24) is 0 Å². The second kappa shape index (κ2) is 3.75. The Hall–Kier alpha value is -1.33. The minimum Gasteiger partial charge on any atom is -0.387 e. The molecule has 1 rings (SSSR count). The third-order valence-electron chi connectivity index (χ3n) is 1.37. The smallest absolute Gasteiger partial charge is 0.0919 e. The van der Waals surface area contributed by atoms with Crippen molar-refractivity contribution in [3.8, 4) is 6.07 Å². The molecule has 0 amide bonds. The maximum Gasteiger partial charge on any atom is 0.0919 e. The molecule has 0 aliphatic carbocycles. The normalized spacial score (nSPS) is 16.2. The third-order valence-corrected chi connectivity index (χ3v) is 1.37. The minimum atomic E-state index is -1.10. The summed E-state index contributed by atoms with van der Waals surface area (Å²) in [5.41, 5.74) is 0.610. The molecule has 2 nitrogen and oxygen atoms in total. The van der Waals surface area contributed by atoms with Crippen LogP contribution in [0, 0.1) is 11.3 Å². The lowest BCUT2D eigenvalue weighted by Crippen LogP contribution is -1.94. The van der Waals surface area contributed by atoms with Crippen LogP contribution in [0.4, 0.5) is 0 Å². The quantitative estimate of drug-likeness (QED) is 0.692. The van der Waals surface area contributed by atoms with Crippen molar-refractivity contribution in [3.63, 3.8) is 0 Å². The molecular formula is C9H9NO. The fourth-order valence-corrected chi connectivity index (χ4v) is 0.817. The van der Waals surface area contributed by atoms with E-state index in [9.17, 15) is 5.11 Å². The molecule has 0 aliphatic heterocycles. The van der Waals surface area contributed by atoms with E-state index in [1.807, 2.05) is 6.07 Å². The molecule has 0 radical (unpaired) electrons. The molecule has 0 spiro atoms. The van der Waals surface area contributed by atoms with E-state index < -0.39 is 12.5 Å². The summed E-state index contributed by atoms with van der Waals surface area (Å²) in [4.78, 5) is 0. The van der Waals surface area contributed by atoms with E-state index in [-0.39, 0.29) is 0 Å². The first kappa shape index (κ1) is 6.38. The Morgan fingerprint density at radius 3 is 2.73 bits per heavy atom. The van der Waals surface area contributed by atoms with Gasteiger partial charge in [-0.2, -0.15) is 5.26 Å². The fourth-order valence-electron chi connectivity index (χ4n) is 0.817. The monoisotopic (exact) mass is 148 g/mol. The first-order valence-electron chi connectivity index (χ1n) is 3.88. The number of aliphatic hydroxyl groups excluding tert-OH is 1. The van der Waals surface area contributed by atoms with Crippen LogP contribution in [0.25, 0.3) is 0 Å². The summed E-state index contributed by atoms with van der Waals surface area (Å²) in [5.74, 6) is 0. The predicted octanol–water partition coefficient (Wildman–Crippen LogP) is 1.63. The number of hydrogen-bond donors (Lipinski definition) is 1. The first-order valence-corrected chi connectivity index (χ1v) is 3.30. The lowest BCUT2D eigenvalue weighted by atomic mass is 10.1. The molecule has 0 aromatic heterocycles. The van der Waals surface area contributed by atoms with Gasteiger partial charge in [-0.15, -0.1) is 0 Å². The van der Waals surface area contributed by atoms with E-state index in [2.05, 4.69) is 0 Å².